The highest BCUT2D eigenvalue weighted by Gasteiger charge is 2.30. The highest BCUT2D eigenvalue weighted by atomic mass is 35.5. The molecule has 3 N–H and O–H groups in total. The molecule has 1 aliphatic rings. The fourth-order valence-corrected chi connectivity index (χ4v) is 4.78. The number of pyridine rings is 1. The second-order valence-corrected chi connectivity index (χ2v) is 9.46. The van der Waals surface area contributed by atoms with Crippen molar-refractivity contribution in [3.8, 4) is 22.8 Å². The molecule has 192 valence electrons. The molecule has 1 saturated heterocycles. The Kier molecular flexibility index (Phi) is 8.17. The molecule has 11 heteroatoms. The summed E-state index contributed by atoms with van der Waals surface area (Å²) in [7, 11) is 3.06. The summed E-state index contributed by atoms with van der Waals surface area (Å²) >= 11 is 13.3. The van der Waals surface area contributed by atoms with Gasteiger partial charge in [0.05, 0.1) is 66.5 Å². The van der Waals surface area contributed by atoms with E-state index in [1.807, 2.05) is 19.9 Å². The Bertz CT molecular complexity index is 1240. The van der Waals surface area contributed by atoms with Crippen LogP contribution in [0.4, 0.5) is 5.95 Å². The van der Waals surface area contributed by atoms with Gasteiger partial charge in [0.15, 0.2) is 0 Å². The number of methoxy groups -OCH3 is 2. The fraction of sp³-hybridized carbons (Fsp3) is 0.400. The maximum atomic E-state index is 9.88. The van der Waals surface area contributed by atoms with Gasteiger partial charge in [0.1, 0.15) is 17.7 Å². The molecule has 4 rings (SSSR count). The van der Waals surface area contributed by atoms with E-state index in [1.165, 1.54) is 20.3 Å². The summed E-state index contributed by atoms with van der Waals surface area (Å²) < 4.78 is 16.4. The molecule has 0 aliphatic carbocycles. The highest BCUT2D eigenvalue weighted by molar-refractivity contribution is 6.41. The van der Waals surface area contributed by atoms with Gasteiger partial charge in [-0.05, 0) is 18.1 Å². The highest BCUT2D eigenvalue weighted by Crippen LogP contribution is 2.46. The molecule has 0 amide bonds. The van der Waals surface area contributed by atoms with E-state index >= 15 is 0 Å². The summed E-state index contributed by atoms with van der Waals surface area (Å²) in [6.45, 7) is 8.57. The van der Waals surface area contributed by atoms with Crippen LogP contribution in [0.25, 0.3) is 22.2 Å². The Labute approximate surface area is 219 Å². The topological polar surface area (TPSA) is 111 Å². The van der Waals surface area contributed by atoms with Gasteiger partial charge < -0.3 is 24.6 Å². The van der Waals surface area contributed by atoms with Crippen molar-refractivity contribution in [2.75, 3.05) is 32.8 Å². The van der Waals surface area contributed by atoms with Crippen molar-refractivity contribution in [3.63, 3.8) is 0 Å². The van der Waals surface area contributed by atoms with Gasteiger partial charge >= 0.3 is 0 Å². The standard InChI is InChI=1S/C25H29Cl2N5O4/c1-6-19(33)29-15-10-36-11-16(15)31-25-28-9-13-7-14(30-23(12(2)3)24(13)32-25)20-21(26)17(34-4)8-18(35-5)22(20)27/h6-9,12,15-16,19,29,33H,1,10-11H2,2-5H3,(H,28,31,32)/t15-,16+,19?/m0/s1. The third-order valence-electron chi connectivity index (χ3n) is 5.97. The van der Waals surface area contributed by atoms with Crippen LogP contribution in [0.1, 0.15) is 25.5 Å². The zero-order valence-electron chi connectivity index (χ0n) is 20.5. The van der Waals surface area contributed by atoms with Gasteiger partial charge in [-0.25, -0.2) is 9.97 Å². The van der Waals surface area contributed by atoms with E-state index in [-0.39, 0.29) is 18.0 Å². The van der Waals surface area contributed by atoms with E-state index in [4.69, 9.17) is 47.4 Å². The lowest BCUT2D eigenvalue weighted by Gasteiger charge is -2.22. The zero-order chi connectivity index (χ0) is 26.0. The minimum atomic E-state index is -0.831. The lowest BCUT2D eigenvalue weighted by molar-refractivity contribution is 0.149. The van der Waals surface area contributed by atoms with Gasteiger partial charge in [-0.15, -0.1) is 0 Å². The maximum absolute atomic E-state index is 9.88. The largest absolute Gasteiger partial charge is 0.495 e. The van der Waals surface area contributed by atoms with Crippen LogP contribution in [0.2, 0.25) is 10.0 Å². The molecule has 3 aromatic rings. The molecule has 0 radical (unpaired) electrons. The number of ether oxygens (including phenoxy) is 3. The Balaban J connectivity index is 1.76. The van der Waals surface area contributed by atoms with Crippen molar-refractivity contribution in [1.82, 2.24) is 20.3 Å². The monoisotopic (exact) mass is 533 g/mol. The van der Waals surface area contributed by atoms with Crippen LogP contribution < -0.4 is 20.1 Å². The Morgan fingerprint density at radius 1 is 1.11 bits per heavy atom. The first-order valence-corrected chi connectivity index (χ1v) is 12.2. The van der Waals surface area contributed by atoms with Crippen molar-refractivity contribution < 1.29 is 19.3 Å². The van der Waals surface area contributed by atoms with Crippen molar-refractivity contribution >= 4 is 40.1 Å². The van der Waals surface area contributed by atoms with E-state index in [9.17, 15) is 5.11 Å². The Morgan fingerprint density at radius 2 is 1.78 bits per heavy atom. The quantitative estimate of drug-likeness (QED) is 0.272. The third kappa shape index (κ3) is 5.21. The number of aromatic nitrogens is 3. The third-order valence-corrected chi connectivity index (χ3v) is 6.72. The lowest BCUT2D eigenvalue weighted by Crippen LogP contribution is -2.47. The molecule has 0 saturated carbocycles. The van der Waals surface area contributed by atoms with E-state index in [0.717, 1.165) is 11.1 Å². The average Bonchev–Trinajstić information content (AvgIpc) is 3.29. The van der Waals surface area contributed by atoms with Crippen molar-refractivity contribution in [3.05, 3.63) is 46.7 Å². The minimum Gasteiger partial charge on any atom is -0.495 e. The van der Waals surface area contributed by atoms with E-state index in [0.29, 0.717) is 57.5 Å². The summed E-state index contributed by atoms with van der Waals surface area (Å²) in [5.41, 5.74) is 2.55. The molecule has 3 atom stereocenters. The van der Waals surface area contributed by atoms with E-state index < -0.39 is 6.23 Å². The molecule has 1 fully saturated rings. The number of aliphatic hydroxyl groups is 1. The number of hydrogen-bond donors (Lipinski definition) is 3. The molecular weight excluding hydrogens is 505 g/mol. The van der Waals surface area contributed by atoms with Crippen molar-refractivity contribution in [2.45, 2.75) is 38.1 Å². The zero-order valence-corrected chi connectivity index (χ0v) is 22.0. The second-order valence-electron chi connectivity index (χ2n) is 8.70. The molecule has 1 aliphatic heterocycles. The predicted molar refractivity (Wildman–Crippen MR) is 141 cm³/mol. The van der Waals surface area contributed by atoms with Crippen LogP contribution in [-0.4, -0.2) is 65.8 Å². The van der Waals surface area contributed by atoms with Gasteiger partial charge in [-0.3, -0.25) is 10.3 Å². The molecule has 0 bridgehead atoms. The summed E-state index contributed by atoms with van der Waals surface area (Å²) in [5.74, 6) is 1.35. The van der Waals surface area contributed by atoms with Crippen molar-refractivity contribution in [2.24, 2.45) is 0 Å². The smallest absolute Gasteiger partial charge is 0.223 e. The number of anilines is 1. The molecule has 3 heterocycles. The molecule has 0 spiro atoms. The molecule has 1 unspecified atom stereocenters. The number of nitrogens with zero attached hydrogens (tertiary/aromatic N) is 3. The van der Waals surface area contributed by atoms with Gasteiger partial charge in [-0.2, -0.15) is 0 Å². The van der Waals surface area contributed by atoms with Gasteiger partial charge in [0.25, 0.3) is 0 Å². The predicted octanol–water partition coefficient (Wildman–Crippen LogP) is 4.41. The number of aliphatic hydroxyl groups excluding tert-OH is 1. The molecule has 36 heavy (non-hydrogen) atoms. The minimum absolute atomic E-state index is 0.0484. The maximum Gasteiger partial charge on any atom is 0.223 e. The molecular formula is C25H29Cl2N5O4. The van der Waals surface area contributed by atoms with Crippen molar-refractivity contribution in [1.29, 1.82) is 0 Å². The van der Waals surface area contributed by atoms with Gasteiger partial charge in [-0.1, -0.05) is 43.6 Å². The van der Waals surface area contributed by atoms with Crippen LogP contribution in [0.15, 0.2) is 31.0 Å². The molecule has 9 nitrogen and oxygen atoms in total. The van der Waals surface area contributed by atoms with Crippen LogP contribution in [0.5, 0.6) is 11.5 Å². The Morgan fingerprint density at radius 3 is 2.39 bits per heavy atom. The Hall–Kier alpha value is -2.69. The number of rotatable bonds is 9. The number of hydrogen-bond acceptors (Lipinski definition) is 9. The summed E-state index contributed by atoms with van der Waals surface area (Å²) in [4.78, 5) is 14.2. The second kappa shape index (κ2) is 11.1. The molecule has 1 aromatic carbocycles. The summed E-state index contributed by atoms with van der Waals surface area (Å²) in [5, 5.41) is 17.7. The first kappa shape index (κ1) is 26.4. The normalized spacial score (nSPS) is 18.4. The van der Waals surface area contributed by atoms with Crippen LogP contribution >= 0.6 is 23.2 Å². The average molecular weight is 534 g/mol. The number of fused-ring (bicyclic) bond motifs is 1. The fourth-order valence-electron chi connectivity index (χ4n) is 4.09. The van der Waals surface area contributed by atoms with Crippen LogP contribution in [0, 0.1) is 0 Å². The number of halogens is 2. The SMILES string of the molecule is C=CC(O)N[C@H]1COC[C@H]1Nc1ncc2cc(-c3c(Cl)c(OC)cc(OC)c3Cl)nc(C(C)C)c2n1. The summed E-state index contributed by atoms with van der Waals surface area (Å²) in [6.07, 6.45) is 2.33. The van der Waals surface area contributed by atoms with E-state index in [2.05, 4.69) is 22.2 Å². The van der Waals surface area contributed by atoms with E-state index in [1.54, 1.807) is 12.3 Å². The lowest BCUT2D eigenvalue weighted by atomic mass is 10.0. The van der Waals surface area contributed by atoms with Gasteiger partial charge in [0, 0.05) is 23.2 Å². The van der Waals surface area contributed by atoms with Crippen LogP contribution in [0.3, 0.4) is 0 Å². The van der Waals surface area contributed by atoms with Gasteiger partial charge in [0.2, 0.25) is 5.95 Å². The first-order valence-electron chi connectivity index (χ1n) is 11.5. The molecule has 2 aromatic heterocycles. The van der Waals surface area contributed by atoms with Crippen LogP contribution in [-0.2, 0) is 4.74 Å². The number of nitrogens with one attached hydrogen (secondary N) is 2. The first-order chi connectivity index (χ1) is 17.3. The number of benzene rings is 1. The summed E-state index contributed by atoms with van der Waals surface area (Å²) in [6, 6.07) is 3.23.